The fourth-order valence-corrected chi connectivity index (χ4v) is 4.17. The SMILES string of the molecule is Cc1sc2ncnc(SCC(=O)OC[C@H]3C[C@@H]3C)c2c1C. The Labute approximate surface area is 132 Å². The van der Waals surface area contributed by atoms with Gasteiger partial charge in [-0.15, -0.1) is 11.3 Å². The summed E-state index contributed by atoms with van der Waals surface area (Å²) >= 11 is 3.11. The van der Waals surface area contributed by atoms with Crippen molar-refractivity contribution in [2.24, 2.45) is 11.8 Å². The summed E-state index contributed by atoms with van der Waals surface area (Å²) in [6, 6.07) is 0. The largest absolute Gasteiger partial charge is 0.465 e. The molecule has 0 bridgehead atoms. The topological polar surface area (TPSA) is 52.1 Å². The smallest absolute Gasteiger partial charge is 0.316 e. The Morgan fingerprint density at radius 3 is 2.95 bits per heavy atom. The molecule has 2 aromatic rings. The number of esters is 1. The van der Waals surface area contributed by atoms with Crippen LogP contribution in [0.5, 0.6) is 0 Å². The van der Waals surface area contributed by atoms with Crippen molar-refractivity contribution >= 4 is 39.3 Å². The van der Waals surface area contributed by atoms with Crippen LogP contribution in [-0.4, -0.2) is 28.3 Å². The van der Waals surface area contributed by atoms with E-state index in [4.69, 9.17) is 4.74 Å². The minimum Gasteiger partial charge on any atom is -0.465 e. The molecule has 0 amide bonds. The first-order valence-electron chi connectivity index (χ1n) is 7.05. The molecular formula is C15H18N2O2S2. The van der Waals surface area contributed by atoms with Gasteiger partial charge in [-0.05, 0) is 37.7 Å². The lowest BCUT2D eigenvalue weighted by Crippen LogP contribution is -2.10. The Balaban J connectivity index is 1.63. The Kier molecular flexibility index (Phi) is 4.17. The Bertz CT molecular complexity index is 684. The number of hydrogen-bond donors (Lipinski definition) is 0. The van der Waals surface area contributed by atoms with Gasteiger partial charge >= 0.3 is 5.97 Å². The third-order valence-corrected chi connectivity index (χ3v) is 6.07. The van der Waals surface area contributed by atoms with E-state index >= 15 is 0 Å². The maximum atomic E-state index is 11.8. The lowest BCUT2D eigenvalue weighted by Gasteiger charge is -2.05. The second-order valence-electron chi connectivity index (χ2n) is 5.59. The van der Waals surface area contributed by atoms with Crippen LogP contribution >= 0.6 is 23.1 Å². The molecule has 112 valence electrons. The van der Waals surface area contributed by atoms with Crippen molar-refractivity contribution in [2.75, 3.05) is 12.4 Å². The second kappa shape index (κ2) is 5.93. The molecule has 2 aromatic heterocycles. The van der Waals surface area contributed by atoms with Crippen LogP contribution in [0.2, 0.25) is 0 Å². The number of aryl methyl sites for hydroxylation is 2. The summed E-state index contributed by atoms with van der Waals surface area (Å²) in [6.07, 6.45) is 2.75. The summed E-state index contributed by atoms with van der Waals surface area (Å²) in [7, 11) is 0. The van der Waals surface area contributed by atoms with Crippen molar-refractivity contribution < 1.29 is 9.53 Å². The van der Waals surface area contributed by atoms with Gasteiger partial charge in [0.15, 0.2) is 0 Å². The molecule has 0 aromatic carbocycles. The van der Waals surface area contributed by atoms with E-state index in [0.29, 0.717) is 24.2 Å². The summed E-state index contributed by atoms with van der Waals surface area (Å²) in [5.74, 6) is 1.44. The number of thiophene rings is 1. The summed E-state index contributed by atoms with van der Waals surface area (Å²) < 4.78 is 5.31. The van der Waals surface area contributed by atoms with Crippen LogP contribution in [0.4, 0.5) is 0 Å². The van der Waals surface area contributed by atoms with E-state index in [1.807, 2.05) is 0 Å². The minimum atomic E-state index is -0.157. The first-order chi connectivity index (χ1) is 10.1. The van der Waals surface area contributed by atoms with Crippen LogP contribution in [0.25, 0.3) is 10.2 Å². The number of hydrogen-bond acceptors (Lipinski definition) is 6. The van der Waals surface area contributed by atoms with Crippen molar-refractivity contribution in [3.8, 4) is 0 Å². The zero-order valence-corrected chi connectivity index (χ0v) is 14.0. The molecule has 2 heterocycles. The van der Waals surface area contributed by atoms with Gasteiger partial charge < -0.3 is 4.74 Å². The molecule has 1 aliphatic carbocycles. The fourth-order valence-electron chi connectivity index (χ4n) is 2.26. The second-order valence-corrected chi connectivity index (χ2v) is 7.75. The Morgan fingerprint density at radius 2 is 2.24 bits per heavy atom. The van der Waals surface area contributed by atoms with Crippen molar-refractivity contribution in [3.63, 3.8) is 0 Å². The van der Waals surface area contributed by atoms with Crippen LogP contribution in [0, 0.1) is 25.7 Å². The van der Waals surface area contributed by atoms with E-state index in [1.54, 1.807) is 17.7 Å². The van der Waals surface area contributed by atoms with E-state index < -0.39 is 0 Å². The van der Waals surface area contributed by atoms with E-state index in [1.165, 1.54) is 28.6 Å². The number of carbonyl (C=O) groups excluding carboxylic acids is 1. The molecule has 2 atom stereocenters. The lowest BCUT2D eigenvalue weighted by atomic mass is 10.2. The number of thioether (sulfide) groups is 1. The average Bonchev–Trinajstić information content (AvgIpc) is 3.09. The van der Waals surface area contributed by atoms with Gasteiger partial charge in [-0.3, -0.25) is 4.79 Å². The van der Waals surface area contributed by atoms with E-state index in [9.17, 15) is 4.79 Å². The first kappa shape index (κ1) is 14.8. The van der Waals surface area contributed by atoms with Crippen molar-refractivity contribution in [1.82, 2.24) is 9.97 Å². The number of ether oxygens (including phenoxy) is 1. The third-order valence-electron chi connectivity index (χ3n) is 3.99. The van der Waals surface area contributed by atoms with Gasteiger partial charge in [-0.25, -0.2) is 9.97 Å². The van der Waals surface area contributed by atoms with Gasteiger partial charge in [-0.1, -0.05) is 18.7 Å². The fraction of sp³-hybridized carbons (Fsp3) is 0.533. The molecule has 0 saturated heterocycles. The van der Waals surface area contributed by atoms with E-state index in [-0.39, 0.29) is 5.97 Å². The number of nitrogens with zero attached hydrogens (tertiary/aromatic N) is 2. The van der Waals surface area contributed by atoms with Gasteiger partial charge in [0, 0.05) is 10.3 Å². The molecule has 0 radical (unpaired) electrons. The number of carbonyl (C=O) groups is 1. The quantitative estimate of drug-likeness (QED) is 0.478. The van der Waals surface area contributed by atoms with Gasteiger partial charge in [0.05, 0.1) is 12.4 Å². The van der Waals surface area contributed by atoms with Gasteiger partial charge in [0.1, 0.15) is 16.2 Å². The third kappa shape index (κ3) is 3.21. The molecule has 0 N–H and O–H groups in total. The summed E-state index contributed by atoms with van der Waals surface area (Å²) in [5, 5.41) is 1.95. The van der Waals surface area contributed by atoms with E-state index in [2.05, 4.69) is 30.7 Å². The van der Waals surface area contributed by atoms with Gasteiger partial charge in [0.2, 0.25) is 0 Å². The van der Waals surface area contributed by atoms with Crippen LogP contribution in [0.3, 0.4) is 0 Å². The van der Waals surface area contributed by atoms with Crippen molar-refractivity contribution in [2.45, 2.75) is 32.2 Å². The Hall–Kier alpha value is -1.14. The molecule has 0 spiro atoms. The zero-order chi connectivity index (χ0) is 15.0. The highest BCUT2D eigenvalue weighted by Crippen LogP contribution is 2.38. The highest BCUT2D eigenvalue weighted by atomic mass is 32.2. The summed E-state index contributed by atoms with van der Waals surface area (Å²) in [6.45, 7) is 6.92. The maximum absolute atomic E-state index is 11.8. The van der Waals surface area contributed by atoms with Crippen LogP contribution < -0.4 is 0 Å². The molecule has 1 saturated carbocycles. The number of aromatic nitrogens is 2. The van der Waals surface area contributed by atoms with E-state index in [0.717, 1.165) is 15.2 Å². The molecule has 21 heavy (non-hydrogen) atoms. The number of rotatable bonds is 5. The Morgan fingerprint density at radius 1 is 1.48 bits per heavy atom. The molecule has 4 nitrogen and oxygen atoms in total. The molecule has 0 aliphatic heterocycles. The summed E-state index contributed by atoms with van der Waals surface area (Å²) in [5.41, 5.74) is 1.21. The maximum Gasteiger partial charge on any atom is 0.316 e. The van der Waals surface area contributed by atoms with Crippen molar-refractivity contribution in [1.29, 1.82) is 0 Å². The normalized spacial score (nSPS) is 20.7. The molecular weight excluding hydrogens is 304 g/mol. The lowest BCUT2D eigenvalue weighted by molar-refractivity contribution is -0.140. The molecule has 1 fully saturated rings. The minimum absolute atomic E-state index is 0.157. The summed E-state index contributed by atoms with van der Waals surface area (Å²) in [4.78, 5) is 22.7. The molecule has 1 aliphatic rings. The molecule has 0 unspecified atom stereocenters. The monoisotopic (exact) mass is 322 g/mol. The van der Waals surface area contributed by atoms with Crippen LogP contribution in [-0.2, 0) is 9.53 Å². The first-order valence-corrected chi connectivity index (χ1v) is 8.85. The number of fused-ring (bicyclic) bond motifs is 1. The van der Waals surface area contributed by atoms with Crippen LogP contribution in [0.1, 0.15) is 23.8 Å². The molecule has 6 heteroatoms. The highest BCUT2D eigenvalue weighted by molar-refractivity contribution is 8.00. The average molecular weight is 322 g/mol. The van der Waals surface area contributed by atoms with Crippen molar-refractivity contribution in [3.05, 3.63) is 16.8 Å². The van der Waals surface area contributed by atoms with Gasteiger partial charge in [0.25, 0.3) is 0 Å². The molecule has 3 rings (SSSR count). The predicted molar refractivity (Wildman–Crippen MR) is 85.8 cm³/mol. The van der Waals surface area contributed by atoms with Gasteiger partial charge in [-0.2, -0.15) is 0 Å². The zero-order valence-electron chi connectivity index (χ0n) is 12.4. The predicted octanol–water partition coefficient (Wildman–Crippen LogP) is 3.60. The standard InChI is InChI=1S/C15H18N2O2S2/c1-8-4-11(8)5-19-12(18)6-20-14-13-9(2)10(3)21-15(13)17-7-16-14/h7-8,11H,4-6H2,1-3H3/t8-,11+/m0/s1. The van der Waals surface area contributed by atoms with Crippen LogP contribution in [0.15, 0.2) is 11.4 Å². The highest BCUT2D eigenvalue weighted by Gasteiger charge is 2.33.